The van der Waals surface area contributed by atoms with E-state index in [0.717, 1.165) is 43.1 Å². The quantitative estimate of drug-likeness (QED) is 0.121. The molecule has 0 aliphatic carbocycles. The van der Waals surface area contributed by atoms with Crippen LogP contribution in [0.2, 0.25) is 0 Å². The zero-order valence-electron chi connectivity index (χ0n) is 26.7. The zero-order chi connectivity index (χ0) is 32.8. The van der Waals surface area contributed by atoms with Crippen molar-refractivity contribution in [2.24, 2.45) is 0 Å². The third kappa shape index (κ3) is 7.48. The monoisotopic (exact) mass is 629 g/mol. The van der Waals surface area contributed by atoms with Gasteiger partial charge in [0.2, 0.25) is 0 Å². The molecular formula is C38H39N5O4. The molecule has 0 radical (unpaired) electrons. The van der Waals surface area contributed by atoms with Gasteiger partial charge in [0.1, 0.15) is 6.61 Å². The van der Waals surface area contributed by atoms with Crippen molar-refractivity contribution in [3.05, 3.63) is 153 Å². The van der Waals surface area contributed by atoms with Crippen LogP contribution < -0.4 is 5.32 Å². The number of pyridine rings is 1. The number of hydrogen-bond donors (Lipinski definition) is 1. The van der Waals surface area contributed by atoms with Gasteiger partial charge in [-0.25, -0.2) is 4.79 Å². The number of nitro groups is 1. The molecule has 9 heteroatoms. The number of allylic oxidation sites excluding steroid dienone is 3. The maximum absolute atomic E-state index is 13.5. The normalized spacial score (nSPS) is 17.3. The van der Waals surface area contributed by atoms with Gasteiger partial charge >= 0.3 is 5.97 Å². The van der Waals surface area contributed by atoms with Gasteiger partial charge in [0.25, 0.3) is 5.69 Å². The molecule has 0 saturated carbocycles. The summed E-state index contributed by atoms with van der Waals surface area (Å²) in [6.45, 7) is 8.44. The fourth-order valence-corrected chi connectivity index (χ4v) is 6.53. The lowest BCUT2D eigenvalue weighted by Crippen LogP contribution is -2.48. The van der Waals surface area contributed by atoms with Crippen LogP contribution in [0.1, 0.15) is 42.5 Å². The van der Waals surface area contributed by atoms with Crippen molar-refractivity contribution in [3.63, 3.8) is 0 Å². The Morgan fingerprint density at radius 1 is 0.936 bits per heavy atom. The first-order valence-corrected chi connectivity index (χ1v) is 16.0. The molecule has 47 heavy (non-hydrogen) atoms. The second kappa shape index (κ2) is 14.5. The summed E-state index contributed by atoms with van der Waals surface area (Å²) in [5.74, 6) is -0.676. The summed E-state index contributed by atoms with van der Waals surface area (Å²) in [5.41, 5.74) is 6.96. The second-order valence-electron chi connectivity index (χ2n) is 12.0. The summed E-state index contributed by atoms with van der Waals surface area (Å²) < 4.78 is 5.88. The number of carbonyl (C=O) groups is 1. The Morgan fingerprint density at radius 2 is 1.62 bits per heavy atom. The van der Waals surface area contributed by atoms with Crippen molar-refractivity contribution in [2.45, 2.75) is 25.8 Å². The first-order valence-electron chi connectivity index (χ1n) is 16.0. The lowest BCUT2D eigenvalue weighted by molar-refractivity contribution is -0.384. The summed E-state index contributed by atoms with van der Waals surface area (Å²) >= 11 is 0. The molecule has 0 bridgehead atoms. The van der Waals surface area contributed by atoms with Crippen LogP contribution in [0.15, 0.2) is 126 Å². The van der Waals surface area contributed by atoms with Gasteiger partial charge in [0, 0.05) is 73.9 Å². The van der Waals surface area contributed by atoms with Gasteiger partial charge in [-0.15, -0.1) is 0 Å². The van der Waals surface area contributed by atoms with Crippen LogP contribution in [0.5, 0.6) is 0 Å². The topological polar surface area (TPSA) is 101 Å². The van der Waals surface area contributed by atoms with Crippen molar-refractivity contribution in [1.29, 1.82) is 0 Å². The number of dihydropyridines is 1. The standard InChI is InChI=1S/C38H39N5O4/c1-27-24-34(32-16-17-35(39-26-32)31-14-9-15-33(25-31)43(45)46)36(28(2)40-27)38(44)47-23-22-41-18-20-42(21-19-41)37(29-10-5-3-6-11-29)30-12-7-4-8-13-30/h3-17,24-26,34,37,40H,18-23H2,1-2H3. The number of carbonyl (C=O) groups excluding carboxylic acids is 1. The fourth-order valence-electron chi connectivity index (χ4n) is 6.53. The number of nitrogens with zero attached hydrogens (tertiary/aromatic N) is 4. The zero-order valence-corrected chi connectivity index (χ0v) is 26.7. The molecule has 0 spiro atoms. The molecule has 3 heterocycles. The van der Waals surface area contributed by atoms with Crippen LogP contribution in [0, 0.1) is 10.1 Å². The molecule has 1 saturated heterocycles. The fraction of sp³-hybridized carbons (Fsp3) is 0.263. The molecule has 1 unspecified atom stereocenters. The Balaban J connectivity index is 1.07. The molecule has 4 aromatic rings. The van der Waals surface area contributed by atoms with E-state index >= 15 is 0 Å². The first kappa shape index (κ1) is 31.8. The van der Waals surface area contributed by atoms with Crippen molar-refractivity contribution in [2.75, 3.05) is 39.3 Å². The second-order valence-corrected chi connectivity index (χ2v) is 12.0. The minimum absolute atomic E-state index is 0.0133. The van der Waals surface area contributed by atoms with Gasteiger partial charge in [-0.3, -0.25) is 24.9 Å². The summed E-state index contributed by atoms with van der Waals surface area (Å²) in [6, 6.07) is 31.7. The van der Waals surface area contributed by atoms with Crippen LogP contribution in [0.4, 0.5) is 5.69 Å². The molecular weight excluding hydrogens is 590 g/mol. The SMILES string of the molecule is CC1=CC(c2ccc(-c3cccc([N+](=O)[O-])c3)nc2)C(C(=O)OCCN2CCN(C(c3ccccc3)c3ccccc3)CC2)=C(C)N1. The Labute approximate surface area is 275 Å². The van der Waals surface area contributed by atoms with E-state index in [1.165, 1.54) is 23.3 Å². The van der Waals surface area contributed by atoms with Gasteiger partial charge in [-0.05, 0) is 36.6 Å². The third-order valence-electron chi connectivity index (χ3n) is 8.88. The Bertz CT molecular complexity index is 1730. The molecule has 1 fully saturated rings. The highest BCUT2D eigenvalue weighted by Gasteiger charge is 2.30. The number of esters is 1. The lowest BCUT2D eigenvalue weighted by atomic mass is 9.87. The number of benzene rings is 3. The summed E-state index contributed by atoms with van der Waals surface area (Å²) in [4.78, 5) is 33.8. The molecule has 1 atom stereocenters. The summed E-state index contributed by atoms with van der Waals surface area (Å²) in [6.07, 6.45) is 3.73. The Kier molecular flexibility index (Phi) is 9.85. The number of rotatable bonds is 10. The predicted molar refractivity (Wildman–Crippen MR) is 182 cm³/mol. The number of piperazine rings is 1. The summed E-state index contributed by atoms with van der Waals surface area (Å²) in [5, 5.41) is 14.5. The molecule has 1 N–H and O–H groups in total. The van der Waals surface area contributed by atoms with Gasteiger partial charge < -0.3 is 10.1 Å². The van der Waals surface area contributed by atoms with E-state index < -0.39 is 4.92 Å². The van der Waals surface area contributed by atoms with Crippen LogP contribution in [0.3, 0.4) is 0 Å². The maximum atomic E-state index is 13.5. The van der Waals surface area contributed by atoms with E-state index in [4.69, 9.17) is 4.74 Å². The largest absolute Gasteiger partial charge is 0.461 e. The third-order valence-corrected chi connectivity index (χ3v) is 8.88. The Morgan fingerprint density at radius 3 is 2.23 bits per heavy atom. The van der Waals surface area contributed by atoms with Crippen molar-refractivity contribution >= 4 is 11.7 Å². The number of ether oxygens (including phenoxy) is 1. The minimum atomic E-state index is -0.417. The van der Waals surface area contributed by atoms with E-state index in [2.05, 4.69) is 80.8 Å². The molecule has 1 aromatic heterocycles. The van der Waals surface area contributed by atoms with E-state index in [1.807, 2.05) is 32.1 Å². The first-order chi connectivity index (χ1) is 22.9. The number of hydrogen-bond acceptors (Lipinski definition) is 8. The molecule has 2 aliphatic heterocycles. The van der Waals surface area contributed by atoms with Crippen LogP contribution in [-0.2, 0) is 9.53 Å². The molecule has 6 rings (SSSR count). The predicted octanol–water partition coefficient (Wildman–Crippen LogP) is 6.47. The minimum Gasteiger partial charge on any atom is -0.461 e. The number of nitro benzene ring substituents is 1. The average Bonchev–Trinajstić information content (AvgIpc) is 3.10. The smallest absolute Gasteiger partial charge is 0.336 e. The number of aromatic nitrogens is 1. The Hall–Kier alpha value is -5.12. The van der Waals surface area contributed by atoms with E-state index in [9.17, 15) is 14.9 Å². The maximum Gasteiger partial charge on any atom is 0.336 e. The van der Waals surface area contributed by atoms with E-state index in [1.54, 1.807) is 18.3 Å². The number of nitrogens with one attached hydrogen (secondary N) is 1. The van der Waals surface area contributed by atoms with Crippen molar-refractivity contribution in [3.8, 4) is 11.3 Å². The molecule has 240 valence electrons. The average molecular weight is 630 g/mol. The highest BCUT2D eigenvalue weighted by atomic mass is 16.6. The lowest BCUT2D eigenvalue weighted by Gasteiger charge is -2.39. The van der Waals surface area contributed by atoms with E-state index in [-0.39, 0.29) is 23.6 Å². The van der Waals surface area contributed by atoms with Crippen LogP contribution >= 0.6 is 0 Å². The van der Waals surface area contributed by atoms with Crippen LogP contribution in [0.25, 0.3) is 11.3 Å². The van der Waals surface area contributed by atoms with Gasteiger partial charge in [0.15, 0.2) is 0 Å². The van der Waals surface area contributed by atoms with E-state index in [0.29, 0.717) is 30.0 Å². The van der Waals surface area contributed by atoms with Crippen molar-refractivity contribution in [1.82, 2.24) is 20.1 Å². The summed E-state index contributed by atoms with van der Waals surface area (Å²) in [7, 11) is 0. The van der Waals surface area contributed by atoms with Crippen LogP contribution in [-0.4, -0.2) is 65.0 Å². The number of non-ortho nitro benzene ring substituents is 1. The molecule has 0 amide bonds. The molecule has 2 aliphatic rings. The van der Waals surface area contributed by atoms with Crippen molar-refractivity contribution < 1.29 is 14.5 Å². The van der Waals surface area contributed by atoms with Gasteiger partial charge in [-0.2, -0.15) is 0 Å². The molecule has 9 nitrogen and oxygen atoms in total. The highest BCUT2D eigenvalue weighted by Crippen LogP contribution is 2.34. The van der Waals surface area contributed by atoms with Gasteiger partial charge in [-0.1, -0.05) is 84.9 Å². The van der Waals surface area contributed by atoms with Gasteiger partial charge in [0.05, 0.1) is 22.2 Å². The highest BCUT2D eigenvalue weighted by molar-refractivity contribution is 5.92. The molecule has 3 aromatic carbocycles.